The average molecular weight is 240 g/mol. The van der Waals surface area contributed by atoms with Crippen molar-refractivity contribution in [1.82, 2.24) is 0 Å². The van der Waals surface area contributed by atoms with Gasteiger partial charge in [-0.2, -0.15) is 0 Å². The number of rotatable bonds is 2. The molecule has 5 heteroatoms. The van der Waals surface area contributed by atoms with Gasteiger partial charge in [0.2, 0.25) is 0 Å². The quantitative estimate of drug-likeness (QED) is 0.743. The highest BCUT2D eigenvalue weighted by atomic mass is 19.1. The van der Waals surface area contributed by atoms with Crippen LogP contribution in [0.2, 0.25) is 0 Å². The van der Waals surface area contributed by atoms with Gasteiger partial charge in [-0.25, -0.2) is 4.39 Å². The number of fused-ring (bicyclic) bond motifs is 1. The van der Waals surface area contributed by atoms with Crippen molar-refractivity contribution in [2.24, 2.45) is 0 Å². The highest BCUT2D eigenvalue weighted by molar-refractivity contribution is 6.00. The molecule has 0 radical (unpaired) electrons. The van der Waals surface area contributed by atoms with Crippen LogP contribution < -0.4 is 14.2 Å². The number of ketones is 1. The maximum absolute atomic E-state index is 13.7. The second kappa shape index (κ2) is 4.61. The van der Waals surface area contributed by atoms with E-state index >= 15 is 0 Å². The summed E-state index contributed by atoms with van der Waals surface area (Å²) >= 11 is 0. The van der Waals surface area contributed by atoms with Gasteiger partial charge in [0.25, 0.3) is 0 Å². The first-order chi connectivity index (χ1) is 8.15. The Morgan fingerprint density at radius 2 is 2.12 bits per heavy atom. The Hall–Kier alpha value is -1.78. The maximum atomic E-state index is 13.7. The molecule has 92 valence electrons. The van der Waals surface area contributed by atoms with Crippen molar-refractivity contribution in [3.05, 3.63) is 17.4 Å². The number of carbonyl (C=O) groups excluding carboxylic acids is 1. The molecule has 0 spiro atoms. The second-order valence-electron chi connectivity index (χ2n) is 3.70. The summed E-state index contributed by atoms with van der Waals surface area (Å²) < 4.78 is 29.4. The third kappa shape index (κ3) is 2.05. The van der Waals surface area contributed by atoms with Crippen molar-refractivity contribution in [3.8, 4) is 17.2 Å². The minimum Gasteiger partial charge on any atom is -0.493 e. The molecule has 0 fully saturated rings. The predicted molar refractivity (Wildman–Crippen MR) is 58.6 cm³/mol. The standard InChI is InChI=1S/C12H13FO4/c1-7(14)10-11(15-2)8(13)6-9-12(10)17-5-3-4-16-9/h6H,3-5H2,1-2H3. The summed E-state index contributed by atoms with van der Waals surface area (Å²) in [5, 5.41) is 0. The molecule has 0 unspecified atom stereocenters. The third-order valence-corrected chi connectivity index (χ3v) is 2.50. The lowest BCUT2D eigenvalue weighted by Crippen LogP contribution is -2.05. The predicted octanol–water partition coefficient (Wildman–Crippen LogP) is 2.20. The summed E-state index contributed by atoms with van der Waals surface area (Å²) in [6, 6.07) is 1.19. The van der Waals surface area contributed by atoms with E-state index in [1.165, 1.54) is 20.1 Å². The highest BCUT2D eigenvalue weighted by Gasteiger charge is 2.25. The van der Waals surface area contributed by atoms with Crippen LogP contribution in [-0.2, 0) is 0 Å². The number of benzene rings is 1. The zero-order valence-corrected chi connectivity index (χ0v) is 9.71. The molecule has 0 bridgehead atoms. The average Bonchev–Trinajstić information content (AvgIpc) is 2.51. The molecule has 0 saturated heterocycles. The number of halogens is 1. The van der Waals surface area contributed by atoms with Gasteiger partial charge in [0.05, 0.1) is 20.3 Å². The Morgan fingerprint density at radius 3 is 2.76 bits per heavy atom. The maximum Gasteiger partial charge on any atom is 0.175 e. The Bertz CT molecular complexity index is 456. The van der Waals surface area contributed by atoms with E-state index in [0.29, 0.717) is 19.6 Å². The molecule has 0 amide bonds. The monoisotopic (exact) mass is 240 g/mol. The van der Waals surface area contributed by atoms with E-state index < -0.39 is 5.82 Å². The third-order valence-electron chi connectivity index (χ3n) is 2.50. The Labute approximate surface area is 98.3 Å². The summed E-state index contributed by atoms with van der Waals surface area (Å²) in [4.78, 5) is 11.6. The molecule has 1 aliphatic heterocycles. The summed E-state index contributed by atoms with van der Waals surface area (Å²) in [6.07, 6.45) is 0.690. The van der Waals surface area contributed by atoms with E-state index in [1.807, 2.05) is 0 Å². The van der Waals surface area contributed by atoms with Crippen molar-refractivity contribution in [1.29, 1.82) is 0 Å². The number of Topliss-reactive ketones (excluding diaryl/α,β-unsaturated/α-hetero) is 1. The van der Waals surface area contributed by atoms with Crippen LogP contribution in [-0.4, -0.2) is 26.1 Å². The van der Waals surface area contributed by atoms with Gasteiger partial charge < -0.3 is 14.2 Å². The molecular formula is C12H13FO4. The van der Waals surface area contributed by atoms with Gasteiger partial charge >= 0.3 is 0 Å². The van der Waals surface area contributed by atoms with Gasteiger partial charge in [-0.1, -0.05) is 0 Å². The van der Waals surface area contributed by atoms with Crippen LogP contribution in [0.1, 0.15) is 23.7 Å². The first-order valence-electron chi connectivity index (χ1n) is 5.32. The van der Waals surface area contributed by atoms with Gasteiger partial charge in [0, 0.05) is 12.5 Å². The van der Waals surface area contributed by atoms with Crippen LogP contribution >= 0.6 is 0 Å². The zero-order valence-electron chi connectivity index (χ0n) is 9.71. The van der Waals surface area contributed by atoms with E-state index in [1.54, 1.807) is 0 Å². The van der Waals surface area contributed by atoms with Crippen molar-refractivity contribution < 1.29 is 23.4 Å². The smallest absolute Gasteiger partial charge is 0.175 e. The van der Waals surface area contributed by atoms with Crippen molar-refractivity contribution in [2.45, 2.75) is 13.3 Å². The molecule has 1 aromatic carbocycles. The van der Waals surface area contributed by atoms with Gasteiger partial charge in [0.15, 0.2) is 28.8 Å². The molecule has 17 heavy (non-hydrogen) atoms. The van der Waals surface area contributed by atoms with Crippen LogP contribution in [0.25, 0.3) is 0 Å². The number of carbonyl (C=O) groups is 1. The number of hydrogen-bond acceptors (Lipinski definition) is 4. The summed E-state index contributed by atoms with van der Waals surface area (Å²) in [6.45, 7) is 2.21. The molecule has 4 nitrogen and oxygen atoms in total. The topological polar surface area (TPSA) is 44.8 Å². The first kappa shape index (κ1) is 11.7. The van der Waals surface area contributed by atoms with Crippen LogP contribution in [0.4, 0.5) is 4.39 Å². The summed E-state index contributed by atoms with van der Waals surface area (Å²) in [5.41, 5.74) is 0.101. The SMILES string of the molecule is COc1c(F)cc2c(c1C(C)=O)OCCCO2. The molecule has 0 saturated carbocycles. The second-order valence-corrected chi connectivity index (χ2v) is 3.70. The normalized spacial score (nSPS) is 14.1. The molecule has 1 aromatic rings. The van der Waals surface area contributed by atoms with Crippen LogP contribution in [0.15, 0.2) is 6.07 Å². The first-order valence-corrected chi connectivity index (χ1v) is 5.32. The van der Waals surface area contributed by atoms with Crippen molar-refractivity contribution >= 4 is 5.78 Å². The lowest BCUT2D eigenvalue weighted by atomic mass is 10.1. The van der Waals surface area contributed by atoms with Crippen LogP contribution in [0.5, 0.6) is 17.2 Å². The minimum atomic E-state index is -0.623. The van der Waals surface area contributed by atoms with E-state index in [4.69, 9.17) is 14.2 Å². The fourth-order valence-corrected chi connectivity index (χ4v) is 1.78. The molecule has 1 heterocycles. The van der Waals surface area contributed by atoms with Gasteiger partial charge in [-0.05, 0) is 6.92 Å². The van der Waals surface area contributed by atoms with E-state index in [2.05, 4.69) is 0 Å². The number of methoxy groups -OCH3 is 1. The van der Waals surface area contributed by atoms with Crippen LogP contribution in [0, 0.1) is 5.82 Å². The Kier molecular flexibility index (Phi) is 3.17. The van der Waals surface area contributed by atoms with Gasteiger partial charge in [-0.15, -0.1) is 0 Å². The lowest BCUT2D eigenvalue weighted by molar-refractivity contribution is 0.100. The van der Waals surface area contributed by atoms with E-state index in [9.17, 15) is 9.18 Å². The van der Waals surface area contributed by atoms with Crippen molar-refractivity contribution in [2.75, 3.05) is 20.3 Å². The Morgan fingerprint density at radius 1 is 1.41 bits per heavy atom. The van der Waals surface area contributed by atoms with Gasteiger partial charge in [0.1, 0.15) is 5.56 Å². The molecule has 2 rings (SSSR count). The van der Waals surface area contributed by atoms with E-state index in [-0.39, 0.29) is 28.6 Å². The summed E-state index contributed by atoms with van der Waals surface area (Å²) in [5.74, 6) is -0.508. The minimum absolute atomic E-state index is 0.0956. The Balaban J connectivity index is 2.66. The molecule has 0 N–H and O–H groups in total. The number of ether oxygens (including phenoxy) is 3. The zero-order chi connectivity index (χ0) is 12.4. The fraction of sp³-hybridized carbons (Fsp3) is 0.417. The molecule has 1 aliphatic rings. The number of hydrogen-bond donors (Lipinski definition) is 0. The lowest BCUT2D eigenvalue weighted by Gasteiger charge is -2.14. The molecule has 0 atom stereocenters. The molecular weight excluding hydrogens is 227 g/mol. The largest absolute Gasteiger partial charge is 0.493 e. The van der Waals surface area contributed by atoms with Crippen molar-refractivity contribution in [3.63, 3.8) is 0 Å². The van der Waals surface area contributed by atoms with E-state index in [0.717, 1.165) is 0 Å². The summed E-state index contributed by atoms with van der Waals surface area (Å²) in [7, 11) is 1.31. The molecule has 0 aromatic heterocycles. The van der Waals surface area contributed by atoms with Crippen LogP contribution in [0.3, 0.4) is 0 Å². The molecule has 0 aliphatic carbocycles. The van der Waals surface area contributed by atoms with Gasteiger partial charge in [-0.3, -0.25) is 4.79 Å². The fourth-order valence-electron chi connectivity index (χ4n) is 1.78. The highest BCUT2D eigenvalue weighted by Crippen LogP contribution is 2.41.